The van der Waals surface area contributed by atoms with Gasteiger partial charge in [-0.25, -0.2) is 9.79 Å². The Kier molecular flexibility index (Phi) is 6.55. The van der Waals surface area contributed by atoms with Gasteiger partial charge in [0.25, 0.3) is 5.56 Å². The van der Waals surface area contributed by atoms with Crippen LogP contribution in [0.3, 0.4) is 0 Å². The van der Waals surface area contributed by atoms with Gasteiger partial charge in [-0.2, -0.15) is 0 Å². The van der Waals surface area contributed by atoms with Crippen molar-refractivity contribution in [3.63, 3.8) is 0 Å². The van der Waals surface area contributed by atoms with Crippen LogP contribution in [0.15, 0.2) is 81.4 Å². The van der Waals surface area contributed by atoms with E-state index in [0.717, 1.165) is 16.2 Å². The standard InChI is InChI=1S/C26H19N3O6S2/c1-2-35-25(32)20-21(15-8-4-3-5-9-15)27-26-28(22(20)18-12-7-13-36-18)24(31)19(37-26)14-16-10-6-11-17(23(16)30)29(33)34/h3-14,22,30H,2H2,1H3/b19-14+. The SMILES string of the molecule is CCOC(=O)C1=C(c2ccccc2)N=c2s/c(=C/c3cccc([N+](=O)[O-])c3O)c(=O)n2C1c1cccs1. The van der Waals surface area contributed by atoms with E-state index in [4.69, 9.17) is 9.73 Å². The molecule has 1 N–H and O–H groups in total. The Balaban J connectivity index is 1.81. The number of aromatic nitrogens is 1. The van der Waals surface area contributed by atoms with Crippen LogP contribution in [-0.4, -0.2) is 27.2 Å². The van der Waals surface area contributed by atoms with E-state index in [-0.39, 0.29) is 22.3 Å². The van der Waals surface area contributed by atoms with Crippen molar-refractivity contribution >= 4 is 46.1 Å². The molecule has 0 radical (unpaired) electrons. The van der Waals surface area contributed by atoms with Crippen LogP contribution in [0.1, 0.15) is 29.0 Å². The molecule has 1 unspecified atom stereocenters. The number of nitrogens with zero attached hydrogens (tertiary/aromatic N) is 3. The Hall–Kier alpha value is -4.35. The number of nitro groups is 1. The largest absolute Gasteiger partial charge is 0.502 e. The first kappa shape index (κ1) is 24.3. The summed E-state index contributed by atoms with van der Waals surface area (Å²) in [5, 5.41) is 23.5. The number of nitro benzene ring substituents is 1. The molecule has 0 bridgehead atoms. The first-order chi connectivity index (χ1) is 17.9. The highest BCUT2D eigenvalue weighted by molar-refractivity contribution is 7.10. The molecule has 11 heteroatoms. The lowest BCUT2D eigenvalue weighted by Gasteiger charge is -2.24. The zero-order valence-electron chi connectivity index (χ0n) is 19.4. The van der Waals surface area contributed by atoms with E-state index >= 15 is 0 Å². The topological polar surface area (TPSA) is 124 Å². The number of phenolic OH excluding ortho intramolecular Hbond substituents is 1. The summed E-state index contributed by atoms with van der Waals surface area (Å²) in [7, 11) is 0. The van der Waals surface area contributed by atoms with Gasteiger partial charge < -0.3 is 9.84 Å². The third kappa shape index (κ3) is 4.39. The molecular formula is C26H19N3O6S2. The molecule has 0 fully saturated rings. The van der Waals surface area contributed by atoms with Crippen LogP contribution in [0.5, 0.6) is 5.75 Å². The van der Waals surface area contributed by atoms with Crippen LogP contribution in [0.2, 0.25) is 0 Å². The third-order valence-electron chi connectivity index (χ3n) is 5.72. The average Bonchev–Trinajstić information content (AvgIpc) is 3.53. The van der Waals surface area contributed by atoms with Crippen molar-refractivity contribution in [2.75, 3.05) is 6.61 Å². The van der Waals surface area contributed by atoms with E-state index in [9.17, 15) is 24.8 Å². The number of fused-ring (bicyclic) bond motifs is 1. The predicted octanol–water partition coefficient (Wildman–Crippen LogP) is 3.61. The molecule has 186 valence electrons. The minimum Gasteiger partial charge on any atom is -0.502 e. The summed E-state index contributed by atoms with van der Waals surface area (Å²) in [5.74, 6) is -1.11. The van der Waals surface area contributed by atoms with E-state index in [1.54, 1.807) is 6.92 Å². The molecule has 4 aromatic rings. The maximum atomic E-state index is 13.7. The van der Waals surface area contributed by atoms with Gasteiger partial charge in [0.05, 0.1) is 27.3 Å². The molecule has 0 aliphatic carbocycles. The summed E-state index contributed by atoms with van der Waals surface area (Å²) in [6.45, 7) is 1.86. The van der Waals surface area contributed by atoms with Crippen molar-refractivity contribution in [3.05, 3.63) is 117 Å². The van der Waals surface area contributed by atoms with Gasteiger partial charge in [-0.3, -0.25) is 19.5 Å². The number of para-hydroxylation sites is 1. The summed E-state index contributed by atoms with van der Waals surface area (Å²) in [6, 6.07) is 16.2. The van der Waals surface area contributed by atoms with Crippen LogP contribution in [0, 0.1) is 10.1 Å². The highest BCUT2D eigenvalue weighted by atomic mass is 32.1. The third-order valence-corrected chi connectivity index (χ3v) is 7.62. The zero-order valence-corrected chi connectivity index (χ0v) is 21.0. The molecule has 2 aromatic carbocycles. The van der Waals surface area contributed by atoms with Gasteiger partial charge in [0.2, 0.25) is 5.75 Å². The molecule has 0 saturated heterocycles. The Morgan fingerprint density at radius 1 is 1.19 bits per heavy atom. The maximum Gasteiger partial charge on any atom is 0.338 e. The Morgan fingerprint density at radius 2 is 1.97 bits per heavy atom. The number of carbonyl (C=O) groups is 1. The molecule has 0 amide bonds. The Labute approximate surface area is 217 Å². The van der Waals surface area contributed by atoms with E-state index in [1.807, 2.05) is 47.8 Å². The fourth-order valence-electron chi connectivity index (χ4n) is 4.11. The van der Waals surface area contributed by atoms with Gasteiger partial charge in [-0.05, 0) is 24.4 Å². The second kappa shape index (κ2) is 9.96. The number of ether oxygens (including phenoxy) is 1. The van der Waals surface area contributed by atoms with E-state index < -0.39 is 33.9 Å². The summed E-state index contributed by atoms with van der Waals surface area (Å²) >= 11 is 2.47. The van der Waals surface area contributed by atoms with E-state index in [1.165, 1.54) is 40.2 Å². The van der Waals surface area contributed by atoms with Crippen molar-refractivity contribution in [2.45, 2.75) is 13.0 Å². The number of phenols is 1. The van der Waals surface area contributed by atoms with Gasteiger partial charge in [0.15, 0.2) is 4.80 Å². The molecular weight excluding hydrogens is 514 g/mol. The number of rotatable bonds is 6. The summed E-state index contributed by atoms with van der Waals surface area (Å²) < 4.78 is 7.04. The number of hydrogen-bond donors (Lipinski definition) is 1. The lowest BCUT2D eigenvalue weighted by molar-refractivity contribution is -0.385. The number of thiazole rings is 1. The molecule has 5 rings (SSSR count). The molecule has 0 spiro atoms. The minimum atomic E-state index is -0.786. The number of hydrogen-bond acceptors (Lipinski definition) is 9. The van der Waals surface area contributed by atoms with Crippen LogP contribution in [0.4, 0.5) is 5.69 Å². The number of thiophene rings is 1. The minimum absolute atomic E-state index is 0.125. The summed E-state index contributed by atoms with van der Waals surface area (Å²) in [6.07, 6.45) is 1.40. The van der Waals surface area contributed by atoms with Crippen LogP contribution in [0.25, 0.3) is 11.8 Å². The quantitative estimate of drug-likeness (QED) is 0.229. The molecule has 37 heavy (non-hydrogen) atoms. The smallest absolute Gasteiger partial charge is 0.338 e. The number of benzene rings is 2. The van der Waals surface area contributed by atoms with Gasteiger partial charge in [0, 0.05) is 22.1 Å². The predicted molar refractivity (Wildman–Crippen MR) is 140 cm³/mol. The van der Waals surface area contributed by atoms with Crippen molar-refractivity contribution in [2.24, 2.45) is 4.99 Å². The van der Waals surface area contributed by atoms with Crippen molar-refractivity contribution in [1.29, 1.82) is 0 Å². The fourth-order valence-corrected chi connectivity index (χ4v) is 5.93. The normalized spacial score (nSPS) is 15.3. The number of aromatic hydroxyl groups is 1. The fraction of sp³-hybridized carbons (Fsp3) is 0.115. The van der Waals surface area contributed by atoms with Gasteiger partial charge in [-0.1, -0.05) is 59.9 Å². The summed E-state index contributed by atoms with van der Waals surface area (Å²) in [5.41, 5.74) is 0.563. The lowest BCUT2D eigenvalue weighted by Crippen LogP contribution is -2.39. The van der Waals surface area contributed by atoms with Gasteiger partial charge in [0.1, 0.15) is 6.04 Å². The average molecular weight is 534 g/mol. The molecule has 9 nitrogen and oxygen atoms in total. The Bertz CT molecular complexity index is 1720. The van der Waals surface area contributed by atoms with Crippen LogP contribution >= 0.6 is 22.7 Å². The monoisotopic (exact) mass is 533 g/mol. The maximum absolute atomic E-state index is 13.7. The number of carbonyl (C=O) groups excluding carboxylic acids is 1. The second-order valence-electron chi connectivity index (χ2n) is 7.92. The molecule has 1 aliphatic rings. The highest BCUT2D eigenvalue weighted by Gasteiger charge is 2.35. The van der Waals surface area contributed by atoms with Gasteiger partial charge in [-0.15, -0.1) is 11.3 Å². The van der Waals surface area contributed by atoms with Crippen molar-refractivity contribution < 1.29 is 19.6 Å². The van der Waals surface area contributed by atoms with E-state index in [0.29, 0.717) is 16.1 Å². The molecule has 1 aliphatic heterocycles. The molecule has 0 saturated carbocycles. The van der Waals surface area contributed by atoms with Crippen molar-refractivity contribution in [3.8, 4) is 5.75 Å². The first-order valence-corrected chi connectivity index (χ1v) is 12.9. The molecule has 3 heterocycles. The number of esters is 1. The summed E-state index contributed by atoms with van der Waals surface area (Å²) in [4.78, 5) is 43.4. The lowest BCUT2D eigenvalue weighted by atomic mass is 9.97. The molecule has 2 aromatic heterocycles. The van der Waals surface area contributed by atoms with Gasteiger partial charge >= 0.3 is 11.7 Å². The Morgan fingerprint density at radius 3 is 2.65 bits per heavy atom. The van der Waals surface area contributed by atoms with E-state index in [2.05, 4.69) is 0 Å². The first-order valence-electron chi connectivity index (χ1n) is 11.2. The second-order valence-corrected chi connectivity index (χ2v) is 9.91. The zero-order chi connectivity index (χ0) is 26.1. The van der Waals surface area contributed by atoms with Crippen LogP contribution in [-0.2, 0) is 9.53 Å². The van der Waals surface area contributed by atoms with Crippen LogP contribution < -0.4 is 14.9 Å². The molecule has 1 atom stereocenters. The van der Waals surface area contributed by atoms with Crippen molar-refractivity contribution in [1.82, 2.24) is 4.57 Å². The highest BCUT2D eigenvalue weighted by Crippen LogP contribution is 2.37.